The third kappa shape index (κ3) is 4.72. The van der Waals surface area contributed by atoms with E-state index in [9.17, 15) is 9.18 Å². The standard InChI is InChI=1S/C25H34FN3O3.H2/c1-3-4-16-32-24(30)28-11-7-21(8-12-28)27-13-9-25(10-14-27)19-29(15-17-31-2)23-6-5-20(26)18-22(23)25;/h1,5-6,18,21H,4,7-17,19H2,2H3;1H. The number of carbonyl (C=O) groups is 1. The second-order valence-corrected chi connectivity index (χ2v) is 9.18. The Morgan fingerprint density at radius 1 is 1.25 bits per heavy atom. The van der Waals surface area contributed by atoms with E-state index in [0.717, 1.165) is 76.2 Å². The summed E-state index contributed by atoms with van der Waals surface area (Å²) in [4.78, 5) is 18.9. The fourth-order valence-corrected chi connectivity index (χ4v) is 5.59. The second-order valence-electron chi connectivity index (χ2n) is 9.18. The van der Waals surface area contributed by atoms with E-state index in [-0.39, 0.29) is 25.4 Å². The first kappa shape index (κ1) is 22.9. The van der Waals surface area contributed by atoms with Crippen molar-refractivity contribution in [3.05, 3.63) is 29.6 Å². The predicted octanol–water partition coefficient (Wildman–Crippen LogP) is 3.50. The summed E-state index contributed by atoms with van der Waals surface area (Å²) < 4.78 is 24.7. The number of hydrogen-bond donors (Lipinski definition) is 0. The topological polar surface area (TPSA) is 45.2 Å². The number of amides is 1. The van der Waals surface area contributed by atoms with Gasteiger partial charge in [0.05, 0.1) is 6.61 Å². The summed E-state index contributed by atoms with van der Waals surface area (Å²) in [7, 11) is 1.72. The fraction of sp³-hybridized carbons (Fsp3) is 0.640. The summed E-state index contributed by atoms with van der Waals surface area (Å²) in [6.45, 7) is 6.17. The lowest BCUT2D eigenvalue weighted by atomic mass is 9.74. The smallest absolute Gasteiger partial charge is 0.409 e. The van der Waals surface area contributed by atoms with Crippen molar-refractivity contribution in [3.63, 3.8) is 0 Å². The maximum Gasteiger partial charge on any atom is 0.409 e. The molecule has 0 aliphatic carbocycles. The van der Waals surface area contributed by atoms with Crippen molar-refractivity contribution in [2.45, 2.75) is 43.6 Å². The van der Waals surface area contributed by atoms with E-state index < -0.39 is 0 Å². The molecule has 7 heteroatoms. The Hall–Kier alpha value is -2.30. The highest BCUT2D eigenvalue weighted by Crippen LogP contribution is 2.47. The number of anilines is 1. The fourth-order valence-electron chi connectivity index (χ4n) is 5.59. The maximum atomic E-state index is 14.1. The number of halogens is 1. The number of rotatable bonds is 6. The number of hydrogen-bond acceptors (Lipinski definition) is 5. The molecule has 0 radical (unpaired) electrons. The molecule has 0 N–H and O–H groups in total. The highest BCUT2D eigenvalue weighted by Gasteiger charge is 2.45. The summed E-state index contributed by atoms with van der Waals surface area (Å²) in [5, 5.41) is 0. The van der Waals surface area contributed by atoms with Crippen LogP contribution < -0.4 is 4.90 Å². The molecule has 3 aliphatic heterocycles. The molecular formula is C25H36FN3O3. The van der Waals surface area contributed by atoms with E-state index in [0.29, 0.717) is 19.1 Å². The number of carbonyl (C=O) groups excluding carboxylic acids is 1. The number of benzene rings is 1. The van der Waals surface area contributed by atoms with Gasteiger partial charge in [-0.2, -0.15) is 0 Å². The van der Waals surface area contributed by atoms with Crippen LogP contribution in [0.1, 0.15) is 39.1 Å². The molecule has 0 aromatic heterocycles. The molecule has 4 rings (SSSR count). The zero-order chi connectivity index (χ0) is 22.6. The van der Waals surface area contributed by atoms with Gasteiger partial charge in [-0.3, -0.25) is 0 Å². The quantitative estimate of drug-likeness (QED) is 0.495. The zero-order valence-corrected chi connectivity index (χ0v) is 19.0. The van der Waals surface area contributed by atoms with E-state index in [1.807, 2.05) is 6.07 Å². The van der Waals surface area contributed by atoms with Gasteiger partial charge in [0, 0.05) is 58.3 Å². The molecule has 3 heterocycles. The Labute approximate surface area is 192 Å². The SMILES string of the molecule is C#CCCOC(=O)N1CCC(N2CCC3(CC2)CN(CCOC)c2ccc(F)cc23)CC1.[HH]. The lowest BCUT2D eigenvalue weighted by Gasteiger charge is -2.45. The van der Waals surface area contributed by atoms with Gasteiger partial charge in [-0.05, 0) is 62.5 Å². The molecule has 1 aromatic carbocycles. The van der Waals surface area contributed by atoms with Crippen LogP contribution >= 0.6 is 0 Å². The number of fused-ring (bicyclic) bond motifs is 2. The average molecular weight is 446 g/mol. The van der Waals surface area contributed by atoms with Crippen LogP contribution in [0, 0.1) is 18.2 Å². The third-order valence-electron chi connectivity index (χ3n) is 7.40. The summed E-state index contributed by atoms with van der Waals surface area (Å²) in [5.74, 6) is 2.33. The Kier molecular flexibility index (Phi) is 7.22. The number of terminal acetylenes is 1. The van der Waals surface area contributed by atoms with Gasteiger partial charge in [-0.25, -0.2) is 9.18 Å². The average Bonchev–Trinajstić information content (AvgIpc) is 3.10. The van der Waals surface area contributed by atoms with Gasteiger partial charge in [0.2, 0.25) is 0 Å². The van der Waals surface area contributed by atoms with E-state index in [1.54, 1.807) is 24.1 Å². The Balaban J connectivity index is 0.00000306. The van der Waals surface area contributed by atoms with Crippen molar-refractivity contribution in [3.8, 4) is 12.3 Å². The molecule has 6 nitrogen and oxygen atoms in total. The zero-order valence-electron chi connectivity index (χ0n) is 19.0. The van der Waals surface area contributed by atoms with Gasteiger partial charge in [0.1, 0.15) is 12.4 Å². The normalized spacial score (nSPS) is 20.9. The largest absolute Gasteiger partial charge is 0.448 e. The minimum absolute atomic E-state index is 0. The lowest BCUT2D eigenvalue weighted by molar-refractivity contribution is 0.0569. The number of nitrogens with zero attached hydrogens (tertiary/aromatic N) is 3. The van der Waals surface area contributed by atoms with Crippen LogP contribution in [-0.2, 0) is 14.9 Å². The minimum atomic E-state index is -0.253. The van der Waals surface area contributed by atoms with Crippen molar-refractivity contribution in [2.24, 2.45) is 0 Å². The Morgan fingerprint density at radius 2 is 2.00 bits per heavy atom. The molecule has 1 amide bonds. The van der Waals surface area contributed by atoms with Gasteiger partial charge in [0.25, 0.3) is 0 Å². The molecule has 176 valence electrons. The molecule has 0 bridgehead atoms. The molecule has 0 unspecified atom stereocenters. The predicted molar refractivity (Wildman–Crippen MR) is 124 cm³/mol. The van der Waals surface area contributed by atoms with Crippen LogP contribution in [0.5, 0.6) is 0 Å². The first-order chi connectivity index (χ1) is 15.6. The van der Waals surface area contributed by atoms with Crippen LogP contribution in [0.2, 0.25) is 0 Å². The van der Waals surface area contributed by atoms with E-state index in [1.165, 1.54) is 0 Å². The summed E-state index contributed by atoms with van der Waals surface area (Å²) >= 11 is 0. The number of ether oxygens (including phenoxy) is 2. The maximum absolute atomic E-state index is 14.1. The molecule has 0 atom stereocenters. The molecule has 2 fully saturated rings. The number of methoxy groups -OCH3 is 1. The van der Waals surface area contributed by atoms with Crippen molar-refractivity contribution >= 4 is 11.8 Å². The molecule has 0 saturated carbocycles. The van der Waals surface area contributed by atoms with E-state index in [4.69, 9.17) is 15.9 Å². The van der Waals surface area contributed by atoms with Crippen LogP contribution in [0.15, 0.2) is 18.2 Å². The highest BCUT2D eigenvalue weighted by molar-refractivity contribution is 5.67. The molecule has 3 aliphatic rings. The third-order valence-corrected chi connectivity index (χ3v) is 7.40. The number of piperidine rings is 2. The van der Waals surface area contributed by atoms with Crippen molar-refractivity contribution in [1.29, 1.82) is 0 Å². The van der Waals surface area contributed by atoms with Gasteiger partial charge in [-0.1, -0.05) is 0 Å². The summed E-state index contributed by atoms with van der Waals surface area (Å²) in [6, 6.07) is 5.74. The minimum Gasteiger partial charge on any atom is -0.448 e. The molecule has 1 aromatic rings. The van der Waals surface area contributed by atoms with E-state index >= 15 is 0 Å². The molecule has 2 saturated heterocycles. The van der Waals surface area contributed by atoms with Crippen LogP contribution in [0.4, 0.5) is 14.9 Å². The van der Waals surface area contributed by atoms with Crippen LogP contribution in [-0.4, -0.2) is 81.5 Å². The van der Waals surface area contributed by atoms with E-state index in [2.05, 4.69) is 15.7 Å². The van der Waals surface area contributed by atoms with Gasteiger partial charge < -0.3 is 24.2 Å². The van der Waals surface area contributed by atoms with Gasteiger partial charge >= 0.3 is 6.09 Å². The summed E-state index contributed by atoms with van der Waals surface area (Å²) in [6.07, 6.45) is 9.39. The monoisotopic (exact) mass is 445 g/mol. The summed E-state index contributed by atoms with van der Waals surface area (Å²) in [5.41, 5.74) is 2.34. The number of likely N-dealkylation sites (tertiary alicyclic amines) is 2. The van der Waals surface area contributed by atoms with Crippen molar-refractivity contribution in [2.75, 3.05) is 64.5 Å². The van der Waals surface area contributed by atoms with Gasteiger partial charge in [0.15, 0.2) is 0 Å². The Morgan fingerprint density at radius 3 is 2.69 bits per heavy atom. The molecule has 32 heavy (non-hydrogen) atoms. The first-order valence-corrected chi connectivity index (χ1v) is 11.7. The van der Waals surface area contributed by atoms with Crippen molar-refractivity contribution < 1.29 is 20.1 Å². The van der Waals surface area contributed by atoms with Crippen LogP contribution in [0.3, 0.4) is 0 Å². The Bertz CT molecular complexity index is 846. The van der Waals surface area contributed by atoms with Crippen LogP contribution in [0.25, 0.3) is 0 Å². The molecule has 1 spiro atoms. The highest BCUT2D eigenvalue weighted by atomic mass is 19.1. The first-order valence-electron chi connectivity index (χ1n) is 11.7. The van der Waals surface area contributed by atoms with Crippen molar-refractivity contribution in [1.82, 2.24) is 9.80 Å². The second kappa shape index (κ2) is 10.1. The van der Waals surface area contributed by atoms with Gasteiger partial charge in [-0.15, -0.1) is 12.3 Å². The lowest BCUT2D eigenvalue weighted by Crippen LogP contribution is -2.52. The molecular weight excluding hydrogens is 409 g/mol.